The Bertz CT molecular complexity index is 363. The Kier molecular flexibility index (Phi) is 3.59. The van der Waals surface area contributed by atoms with Crippen LogP contribution in [0.3, 0.4) is 0 Å². The maximum Gasteiger partial charge on any atom is 0.177 e. The quantitative estimate of drug-likeness (QED) is 0.803. The van der Waals surface area contributed by atoms with Crippen molar-refractivity contribution in [1.82, 2.24) is 9.55 Å². The van der Waals surface area contributed by atoms with Crippen molar-refractivity contribution in [3.05, 3.63) is 16.7 Å². The minimum absolute atomic E-state index is 0.353. The fraction of sp³-hybridized carbons (Fsp3) is 0.727. The molecule has 0 bridgehead atoms. The molecule has 0 aromatic carbocycles. The molecule has 0 radical (unpaired) electrons. The summed E-state index contributed by atoms with van der Waals surface area (Å²) in [5.41, 5.74) is 1.27. The van der Waals surface area contributed by atoms with E-state index in [4.69, 9.17) is 17.0 Å². The standard InChI is InChI=1S/C11H18N2OS/c1-2-9-7-12-11(15)13(9)8-10-5-3-4-6-14-10/h7,10H,2-6,8H2,1H3,(H,12,15). The van der Waals surface area contributed by atoms with Crippen LogP contribution in [0.5, 0.6) is 0 Å². The Morgan fingerprint density at radius 3 is 3.13 bits per heavy atom. The number of aromatic nitrogens is 2. The second kappa shape index (κ2) is 4.94. The van der Waals surface area contributed by atoms with Crippen LogP contribution >= 0.6 is 12.2 Å². The molecule has 1 atom stereocenters. The second-order valence-electron chi connectivity index (χ2n) is 4.04. The van der Waals surface area contributed by atoms with Crippen molar-refractivity contribution in [2.45, 2.75) is 45.3 Å². The number of ether oxygens (including phenoxy) is 1. The molecule has 1 aromatic heterocycles. The monoisotopic (exact) mass is 226 g/mol. The zero-order valence-corrected chi connectivity index (χ0v) is 9.98. The first-order chi connectivity index (χ1) is 7.31. The topological polar surface area (TPSA) is 29.9 Å². The molecular weight excluding hydrogens is 208 g/mol. The molecular formula is C11H18N2OS. The molecule has 1 N–H and O–H groups in total. The van der Waals surface area contributed by atoms with Gasteiger partial charge in [0.1, 0.15) is 0 Å². The Labute approximate surface area is 95.5 Å². The zero-order chi connectivity index (χ0) is 10.7. The van der Waals surface area contributed by atoms with E-state index < -0.39 is 0 Å². The third kappa shape index (κ3) is 2.49. The molecule has 1 unspecified atom stereocenters. The number of rotatable bonds is 3. The van der Waals surface area contributed by atoms with Crippen LogP contribution in [0.15, 0.2) is 6.20 Å². The van der Waals surface area contributed by atoms with Gasteiger partial charge in [0, 0.05) is 18.5 Å². The lowest BCUT2D eigenvalue weighted by atomic mass is 10.1. The van der Waals surface area contributed by atoms with Gasteiger partial charge in [-0.15, -0.1) is 0 Å². The largest absolute Gasteiger partial charge is 0.376 e. The van der Waals surface area contributed by atoms with Gasteiger partial charge in [-0.3, -0.25) is 0 Å². The Balaban J connectivity index is 2.08. The number of hydrogen-bond acceptors (Lipinski definition) is 2. The molecule has 4 heteroatoms. The predicted octanol–water partition coefficient (Wildman–Crippen LogP) is 2.68. The highest BCUT2D eigenvalue weighted by molar-refractivity contribution is 7.71. The SMILES string of the molecule is CCc1c[nH]c(=S)n1CC1CCCCO1. The zero-order valence-electron chi connectivity index (χ0n) is 9.16. The van der Waals surface area contributed by atoms with Crippen molar-refractivity contribution in [3.8, 4) is 0 Å². The van der Waals surface area contributed by atoms with Gasteiger partial charge in [0.15, 0.2) is 4.77 Å². The van der Waals surface area contributed by atoms with Crippen LogP contribution in [-0.2, 0) is 17.7 Å². The van der Waals surface area contributed by atoms with Crippen LogP contribution in [0.2, 0.25) is 0 Å². The van der Waals surface area contributed by atoms with Gasteiger partial charge in [0.05, 0.1) is 12.6 Å². The molecule has 0 aliphatic carbocycles. The predicted molar refractivity (Wildman–Crippen MR) is 62.6 cm³/mol. The van der Waals surface area contributed by atoms with Crippen LogP contribution in [-0.4, -0.2) is 22.3 Å². The smallest absolute Gasteiger partial charge is 0.177 e. The van der Waals surface area contributed by atoms with Gasteiger partial charge in [-0.1, -0.05) is 6.92 Å². The van der Waals surface area contributed by atoms with Crippen LogP contribution in [0.25, 0.3) is 0 Å². The average molecular weight is 226 g/mol. The van der Waals surface area contributed by atoms with Crippen molar-refractivity contribution in [3.63, 3.8) is 0 Å². The van der Waals surface area contributed by atoms with Crippen molar-refractivity contribution < 1.29 is 4.74 Å². The molecule has 2 rings (SSSR count). The van der Waals surface area contributed by atoms with Gasteiger partial charge in [-0.2, -0.15) is 0 Å². The van der Waals surface area contributed by atoms with Gasteiger partial charge in [0.25, 0.3) is 0 Å². The van der Waals surface area contributed by atoms with E-state index in [-0.39, 0.29) is 0 Å². The van der Waals surface area contributed by atoms with E-state index in [1.807, 2.05) is 6.20 Å². The first-order valence-corrected chi connectivity index (χ1v) is 6.10. The summed E-state index contributed by atoms with van der Waals surface area (Å²) in [6, 6.07) is 0. The first-order valence-electron chi connectivity index (χ1n) is 5.70. The summed E-state index contributed by atoms with van der Waals surface area (Å²) in [5, 5.41) is 0. The number of nitrogens with one attached hydrogen (secondary N) is 1. The Hall–Kier alpha value is -0.610. The van der Waals surface area contributed by atoms with Crippen molar-refractivity contribution in [2.24, 2.45) is 0 Å². The minimum Gasteiger partial charge on any atom is -0.376 e. The van der Waals surface area contributed by atoms with E-state index in [2.05, 4.69) is 16.5 Å². The highest BCUT2D eigenvalue weighted by atomic mass is 32.1. The average Bonchev–Trinajstić information content (AvgIpc) is 2.62. The number of hydrogen-bond donors (Lipinski definition) is 1. The van der Waals surface area contributed by atoms with Crippen LogP contribution in [0, 0.1) is 4.77 Å². The van der Waals surface area contributed by atoms with Gasteiger partial charge in [0.2, 0.25) is 0 Å². The lowest BCUT2D eigenvalue weighted by Gasteiger charge is -2.23. The summed E-state index contributed by atoms with van der Waals surface area (Å²) < 4.78 is 8.72. The number of aromatic amines is 1. The summed E-state index contributed by atoms with van der Waals surface area (Å²) in [4.78, 5) is 3.10. The van der Waals surface area contributed by atoms with Gasteiger partial charge < -0.3 is 14.3 Å². The van der Waals surface area contributed by atoms with E-state index in [1.54, 1.807) is 0 Å². The van der Waals surface area contributed by atoms with Gasteiger partial charge in [-0.25, -0.2) is 0 Å². The maximum absolute atomic E-state index is 5.72. The number of imidazole rings is 1. The summed E-state index contributed by atoms with van der Waals surface area (Å²) in [5.74, 6) is 0. The fourth-order valence-electron chi connectivity index (χ4n) is 2.08. The van der Waals surface area contributed by atoms with Crippen molar-refractivity contribution in [1.29, 1.82) is 0 Å². The molecule has 84 valence electrons. The lowest BCUT2D eigenvalue weighted by molar-refractivity contribution is 0.00538. The summed E-state index contributed by atoms with van der Waals surface area (Å²) in [6.45, 7) is 3.96. The van der Waals surface area contributed by atoms with Gasteiger partial charge in [-0.05, 0) is 37.9 Å². The number of H-pyrrole nitrogens is 1. The van der Waals surface area contributed by atoms with Crippen molar-refractivity contribution >= 4 is 12.2 Å². The summed E-state index contributed by atoms with van der Waals surface area (Å²) in [7, 11) is 0. The molecule has 1 aliphatic heterocycles. The lowest BCUT2D eigenvalue weighted by Crippen LogP contribution is -2.25. The van der Waals surface area contributed by atoms with Crippen molar-refractivity contribution in [2.75, 3.05) is 6.61 Å². The molecule has 1 aliphatic rings. The molecule has 2 heterocycles. The molecule has 1 fully saturated rings. The molecule has 3 nitrogen and oxygen atoms in total. The van der Waals surface area contributed by atoms with E-state index >= 15 is 0 Å². The Morgan fingerprint density at radius 2 is 2.47 bits per heavy atom. The molecule has 0 spiro atoms. The highest BCUT2D eigenvalue weighted by Gasteiger charge is 2.15. The van der Waals surface area contributed by atoms with Crippen LogP contribution in [0.1, 0.15) is 31.9 Å². The minimum atomic E-state index is 0.353. The van der Waals surface area contributed by atoms with E-state index in [0.29, 0.717) is 6.10 Å². The van der Waals surface area contributed by atoms with Gasteiger partial charge >= 0.3 is 0 Å². The normalized spacial score (nSPS) is 21.8. The fourth-order valence-corrected chi connectivity index (χ4v) is 2.33. The third-order valence-electron chi connectivity index (χ3n) is 2.98. The molecule has 1 aromatic rings. The van der Waals surface area contributed by atoms with E-state index in [0.717, 1.165) is 30.8 Å². The second-order valence-corrected chi connectivity index (χ2v) is 4.42. The van der Waals surface area contributed by atoms with E-state index in [1.165, 1.54) is 18.5 Å². The maximum atomic E-state index is 5.72. The molecule has 0 saturated carbocycles. The highest BCUT2D eigenvalue weighted by Crippen LogP contribution is 2.16. The summed E-state index contributed by atoms with van der Waals surface area (Å²) >= 11 is 5.26. The molecule has 0 amide bonds. The number of aryl methyl sites for hydroxylation is 1. The first kappa shape index (κ1) is 10.9. The molecule has 15 heavy (non-hydrogen) atoms. The van der Waals surface area contributed by atoms with E-state index in [9.17, 15) is 0 Å². The Morgan fingerprint density at radius 1 is 1.60 bits per heavy atom. The summed E-state index contributed by atoms with van der Waals surface area (Å²) in [6.07, 6.45) is 7.02. The number of nitrogens with zero attached hydrogens (tertiary/aromatic N) is 1. The third-order valence-corrected chi connectivity index (χ3v) is 3.31. The molecule has 1 saturated heterocycles. The van der Waals surface area contributed by atoms with Crippen LogP contribution in [0.4, 0.5) is 0 Å². The van der Waals surface area contributed by atoms with Crippen LogP contribution < -0.4 is 0 Å².